The molecule has 0 aliphatic heterocycles. The largest absolute Gasteiger partial charge is 0.331 e. The van der Waals surface area contributed by atoms with E-state index in [1.165, 1.54) is 19.1 Å². The molecule has 0 saturated heterocycles. The van der Waals surface area contributed by atoms with E-state index in [0.717, 1.165) is 22.3 Å². The molecule has 2 rings (SSSR count). The zero-order chi connectivity index (χ0) is 20.0. The van der Waals surface area contributed by atoms with Crippen molar-refractivity contribution in [3.05, 3.63) is 83.2 Å². The molecule has 2 aromatic rings. The number of halogens is 1. The Bertz CT molecular complexity index is 926. The summed E-state index contributed by atoms with van der Waals surface area (Å²) in [5.41, 5.74) is 5.72. The third-order valence-electron chi connectivity index (χ3n) is 4.23. The zero-order valence-corrected chi connectivity index (χ0v) is 16.2. The van der Waals surface area contributed by atoms with Crippen LogP contribution in [-0.4, -0.2) is 11.7 Å². The average Bonchev–Trinajstić information content (AvgIpc) is 2.61. The molecule has 0 saturated carbocycles. The Labute approximate surface area is 159 Å². The van der Waals surface area contributed by atoms with E-state index < -0.39 is 5.97 Å². The van der Waals surface area contributed by atoms with Gasteiger partial charge in [0.2, 0.25) is 0 Å². The summed E-state index contributed by atoms with van der Waals surface area (Å²) in [4.78, 5) is 16.3. The lowest BCUT2D eigenvalue weighted by Crippen LogP contribution is -2.11. The van der Waals surface area contributed by atoms with Gasteiger partial charge < -0.3 is 4.84 Å². The van der Waals surface area contributed by atoms with Gasteiger partial charge in [0, 0.05) is 18.9 Å². The van der Waals surface area contributed by atoms with Gasteiger partial charge in [-0.1, -0.05) is 53.7 Å². The zero-order valence-electron chi connectivity index (χ0n) is 16.2. The number of allylic oxidation sites excluding steroid dienone is 3. The van der Waals surface area contributed by atoms with E-state index in [0.29, 0.717) is 23.3 Å². The van der Waals surface area contributed by atoms with E-state index in [1.54, 1.807) is 6.07 Å². The van der Waals surface area contributed by atoms with Crippen molar-refractivity contribution in [1.82, 2.24) is 0 Å². The first-order chi connectivity index (χ1) is 12.8. The molecule has 140 valence electrons. The van der Waals surface area contributed by atoms with Crippen LogP contribution >= 0.6 is 0 Å². The minimum atomic E-state index is -0.507. The summed E-state index contributed by atoms with van der Waals surface area (Å²) >= 11 is 0. The number of hydrogen-bond acceptors (Lipinski definition) is 3. The first-order valence-corrected chi connectivity index (χ1v) is 8.75. The van der Waals surface area contributed by atoms with Crippen LogP contribution in [-0.2, 0) is 16.1 Å². The van der Waals surface area contributed by atoms with Crippen LogP contribution in [0.2, 0.25) is 0 Å². The summed E-state index contributed by atoms with van der Waals surface area (Å²) in [5.74, 6) is -0.857. The minimum Gasteiger partial charge on any atom is -0.318 e. The summed E-state index contributed by atoms with van der Waals surface area (Å²) in [6.07, 6.45) is 2.30. The van der Waals surface area contributed by atoms with Gasteiger partial charge in [-0.2, -0.15) is 0 Å². The highest BCUT2D eigenvalue weighted by atomic mass is 19.1. The van der Waals surface area contributed by atoms with Gasteiger partial charge in [-0.3, -0.25) is 0 Å². The Morgan fingerprint density at radius 3 is 2.48 bits per heavy atom. The lowest BCUT2D eigenvalue weighted by Gasteiger charge is -2.16. The molecule has 0 aliphatic carbocycles. The van der Waals surface area contributed by atoms with Gasteiger partial charge in [-0.05, 0) is 55.2 Å². The molecule has 0 fully saturated rings. The highest BCUT2D eigenvalue weighted by Crippen LogP contribution is 2.28. The Balaban J connectivity index is 2.58. The highest BCUT2D eigenvalue weighted by Gasteiger charge is 2.17. The molecule has 0 radical (unpaired) electrons. The van der Waals surface area contributed by atoms with Gasteiger partial charge in [-0.25, -0.2) is 9.18 Å². The molecule has 0 heterocycles. The van der Waals surface area contributed by atoms with Crippen LogP contribution in [0.5, 0.6) is 0 Å². The lowest BCUT2D eigenvalue weighted by atomic mass is 9.89. The Morgan fingerprint density at radius 1 is 1.19 bits per heavy atom. The number of carbonyl (C=O) groups excluding carboxylic acids is 1. The molecular weight excluding hydrogens is 341 g/mol. The maximum Gasteiger partial charge on any atom is 0.331 e. The first kappa shape index (κ1) is 20.3. The van der Waals surface area contributed by atoms with Crippen molar-refractivity contribution in [1.29, 1.82) is 0 Å². The normalized spacial score (nSPS) is 12.0. The van der Waals surface area contributed by atoms with E-state index in [1.807, 2.05) is 51.1 Å². The molecule has 4 heteroatoms. The fourth-order valence-electron chi connectivity index (χ4n) is 2.87. The summed E-state index contributed by atoms with van der Waals surface area (Å²) < 4.78 is 14.0. The van der Waals surface area contributed by atoms with Gasteiger partial charge in [-0.15, -0.1) is 0 Å². The summed E-state index contributed by atoms with van der Waals surface area (Å²) in [7, 11) is 0. The van der Waals surface area contributed by atoms with Crippen LogP contribution in [0.15, 0.2) is 60.3 Å². The van der Waals surface area contributed by atoms with Crippen LogP contribution in [0.4, 0.5) is 4.39 Å². The number of hydrogen-bond donors (Lipinski definition) is 0. The quantitative estimate of drug-likeness (QED) is 0.372. The number of rotatable bonds is 6. The van der Waals surface area contributed by atoms with Crippen molar-refractivity contribution in [3.8, 4) is 0 Å². The molecule has 0 spiro atoms. The third kappa shape index (κ3) is 5.23. The fourth-order valence-corrected chi connectivity index (χ4v) is 2.87. The standard InChI is InChI=1S/C23H24FNO2/c1-6-20(22-14-19(24)11-12-21(22)15(2)3)23(25-27-17(5)26)13-18-10-8-7-9-16(18)4/h6-12,14H,2,13H2,1,3-5H3/b20-6+,25-23+. The molecule has 0 N–H and O–H groups in total. The predicted octanol–water partition coefficient (Wildman–Crippen LogP) is 5.73. The topological polar surface area (TPSA) is 38.7 Å². The molecular formula is C23H24FNO2. The fraction of sp³-hybridized carbons (Fsp3) is 0.217. The van der Waals surface area contributed by atoms with E-state index >= 15 is 0 Å². The Morgan fingerprint density at radius 2 is 1.89 bits per heavy atom. The van der Waals surface area contributed by atoms with Crippen LogP contribution in [0.3, 0.4) is 0 Å². The number of aryl methyl sites for hydroxylation is 1. The molecule has 2 aromatic carbocycles. The molecule has 0 aliphatic rings. The predicted molar refractivity (Wildman–Crippen MR) is 109 cm³/mol. The molecule has 0 atom stereocenters. The van der Waals surface area contributed by atoms with Crippen molar-refractivity contribution < 1.29 is 14.0 Å². The second-order valence-electron chi connectivity index (χ2n) is 6.40. The van der Waals surface area contributed by atoms with Gasteiger partial charge in [0.1, 0.15) is 5.82 Å². The molecule has 3 nitrogen and oxygen atoms in total. The number of oxime groups is 1. The van der Waals surface area contributed by atoms with E-state index in [2.05, 4.69) is 11.7 Å². The number of nitrogens with zero attached hydrogens (tertiary/aromatic N) is 1. The maximum atomic E-state index is 14.0. The number of benzene rings is 2. The molecule has 0 amide bonds. The molecule has 27 heavy (non-hydrogen) atoms. The smallest absolute Gasteiger partial charge is 0.318 e. The number of carbonyl (C=O) groups is 1. The summed E-state index contributed by atoms with van der Waals surface area (Å²) in [6, 6.07) is 12.5. The third-order valence-corrected chi connectivity index (χ3v) is 4.23. The first-order valence-electron chi connectivity index (χ1n) is 8.75. The van der Waals surface area contributed by atoms with Crippen LogP contribution in [0.25, 0.3) is 11.1 Å². The minimum absolute atomic E-state index is 0.350. The molecule has 0 bridgehead atoms. The maximum absolute atomic E-state index is 14.0. The van der Waals surface area contributed by atoms with Crippen molar-refractivity contribution >= 4 is 22.8 Å². The van der Waals surface area contributed by atoms with Crippen LogP contribution < -0.4 is 0 Å². The van der Waals surface area contributed by atoms with Gasteiger partial charge >= 0.3 is 5.97 Å². The second kappa shape index (κ2) is 9.08. The van der Waals surface area contributed by atoms with E-state index in [9.17, 15) is 9.18 Å². The van der Waals surface area contributed by atoms with Gasteiger partial charge in [0.25, 0.3) is 0 Å². The van der Waals surface area contributed by atoms with E-state index in [4.69, 9.17) is 4.84 Å². The molecule has 0 aromatic heterocycles. The van der Waals surface area contributed by atoms with Gasteiger partial charge in [0.15, 0.2) is 0 Å². The van der Waals surface area contributed by atoms with Crippen molar-refractivity contribution in [3.63, 3.8) is 0 Å². The SMILES string of the molecule is C=C(C)c1ccc(F)cc1C(=C\C)/C(Cc1ccccc1C)=N/OC(C)=O. The lowest BCUT2D eigenvalue weighted by molar-refractivity contribution is -0.140. The Kier molecular flexibility index (Phi) is 6.83. The summed E-state index contributed by atoms with van der Waals surface area (Å²) in [5, 5.41) is 4.08. The van der Waals surface area contributed by atoms with Crippen molar-refractivity contribution in [2.24, 2.45) is 5.16 Å². The van der Waals surface area contributed by atoms with Gasteiger partial charge in [0.05, 0.1) is 5.71 Å². The second-order valence-corrected chi connectivity index (χ2v) is 6.40. The van der Waals surface area contributed by atoms with Crippen LogP contribution in [0, 0.1) is 12.7 Å². The summed E-state index contributed by atoms with van der Waals surface area (Å²) in [6.45, 7) is 11.0. The van der Waals surface area contributed by atoms with E-state index in [-0.39, 0.29) is 5.82 Å². The monoisotopic (exact) mass is 365 g/mol. The van der Waals surface area contributed by atoms with Crippen molar-refractivity contribution in [2.45, 2.75) is 34.1 Å². The Hall–Kier alpha value is -3.01. The van der Waals surface area contributed by atoms with Crippen LogP contribution in [0.1, 0.15) is 43.0 Å². The highest BCUT2D eigenvalue weighted by molar-refractivity contribution is 6.25. The van der Waals surface area contributed by atoms with Crippen molar-refractivity contribution in [2.75, 3.05) is 0 Å². The molecule has 0 unspecified atom stereocenters. The average molecular weight is 365 g/mol.